The Morgan fingerprint density at radius 3 is 2.33 bits per heavy atom. The summed E-state index contributed by atoms with van der Waals surface area (Å²) in [5.41, 5.74) is 1.05. The molecule has 2 aromatic carbocycles. The first kappa shape index (κ1) is 37.6. The molecule has 1 N–H and O–H groups in total. The molecule has 0 radical (unpaired) electrons. The molecule has 2 atom stereocenters. The summed E-state index contributed by atoms with van der Waals surface area (Å²) in [5, 5.41) is 2.93. The summed E-state index contributed by atoms with van der Waals surface area (Å²) in [6, 6.07) is 10.3. The molecular weight excluding hydrogens is 636 g/mol. The number of piperidine rings is 2. The largest absolute Gasteiger partial charge is 0.491 e. The number of rotatable bonds is 12. The fourth-order valence-corrected chi connectivity index (χ4v) is 6.31. The van der Waals surface area contributed by atoms with E-state index in [4.69, 9.17) is 14.2 Å². The second-order valence-corrected chi connectivity index (χ2v) is 13.8. The number of carbonyl (C=O) groups is 4. The van der Waals surface area contributed by atoms with Crippen LogP contribution in [0.4, 0.5) is 13.6 Å². The van der Waals surface area contributed by atoms with Gasteiger partial charge in [0.25, 0.3) is 0 Å². The molecule has 12 heteroatoms. The van der Waals surface area contributed by atoms with Crippen molar-refractivity contribution >= 4 is 23.9 Å². The number of carbonyl (C=O) groups excluding carboxylic acids is 4. The van der Waals surface area contributed by atoms with Crippen LogP contribution in [0, 0.1) is 17.7 Å². The third-order valence-corrected chi connectivity index (χ3v) is 8.95. The van der Waals surface area contributed by atoms with E-state index in [2.05, 4.69) is 5.32 Å². The number of nitrogens with one attached hydrogen (secondary N) is 1. The Kier molecular flexibility index (Phi) is 13.4. The Morgan fingerprint density at radius 2 is 1.67 bits per heavy atom. The lowest BCUT2D eigenvalue weighted by atomic mass is 9.91. The normalized spacial score (nSPS) is 17.6. The highest BCUT2D eigenvalue weighted by Crippen LogP contribution is 2.30. The molecule has 2 saturated heterocycles. The van der Waals surface area contributed by atoms with Crippen molar-refractivity contribution in [2.75, 3.05) is 46.6 Å². The van der Waals surface area contributed by atoms with Gasteiger partial charge < -0.3 is 29.3 Å². The molecule has 0 aromatic heterocycles. The Bertz CT molecular complexity index is 1440. The van der Waals surface area contributed by atoms with Gasteiger partial charge in [-0.2, -0.15) is 0 Å². The van der Waals surface area contributed by atoms with Gasteiger partial charge in [0.15, 0.2) is 0 Å². The van der Waals surface area contributed by atoms with Crippen molar-refractivity contribution < 1.29 is 42.2 Å². The highest BCUT2D eigenvalue weighted by atomic mass is 19.1. The van der Waals surface area contributed by atoms with E-state index in [1.807, 2.05) is 20.8 Å². The molecular formula is C37H49F2N3O7. The number of benzene rings is 2. The van der Waals surface area contributed by atoms with Crippen molar-refractivity contribution in [3.05, 3.63) is 53.8 Å². The number of methoxy groups -OCH3 is 1. The van der Waals surface area contributed by atoms with Crippen LogP contribution >= 0.6 is 0 Å². The van der Waals surface area contributed by atoms with E-state index < -0.39 is 36.0 Å². The van der Waals surface area contributed by atoms with Crippen LogP contribution in [0.2, 0.25) is 0 Å². The van der Waals surface area contributed by atoms with Crippen LogP contribution in [0.1, 0.15) is 77.3 Å². The Labute approximate surface area is 287 Å². The number of likely N-dealkylation sites (tertiary alicyclic amines) is 2. The lowest BCUT2D eigenvalue weighted by molar-refractivity contribution is -0.141. The quantitative estimate of drug-likeness (QED) is 0.264. The summed E-state index contributed by atoms with van der Waals surface area (Å²) >= 11 is 0. The van der Waals surface area contributed by atoms with E-state index in [1.54, 1.807) is 40.1 Å². The highest BCUT2D eigenvalue weighted by molar-refractivity contribution is 5.82. The summed E-state index contributed by atoms with van der Waals surface area (Å²) in [6.07, 6.45) is 3.42. The first-order valence-electron chi connectivity index (χ1n) is 17.1. The summed E-state index contributed by atoms with van der Waals surface area (Å²) in [6.45, 7) is 6.88. The summed E-state index contributed by atoms with van der Waals surface area (Å²) < 4.78 is 43.0. The van der Waals surface area contributed by atoms with Gasteiger partial charge in [0.2, 0.25) is 11.8 Å². The van der Waals surface area contributed by atoms with Crippen LogP contribution in [0.15, 0.2) is 42.5 Å². The van der Waals surface area contributed by atoms with E-state index in [0.29, 0.717) is 73.7 Å². The van der Waals surface area contributed by atoms with E-state index in [1.165, 1.54) is 19.2 Å². The SMILES string of the molecule is COC(=O)CC(NC(=O)[C@@H]1CCCN(C(=O)CCC2CCN(C(=O)OC(C)(C)C)CC2)C1)c1cc(F)cc(-c2ccc(OCCF)cc2)c1. The predicted molar refractivity (Wildman–Crippen MR) is 180 cm³/mol. The van der Waals surface area contributed by atoms with E-state index >= 15 is 0 Å². The molecule has 2 heterocycles. The van der Waals surface area contributed by atoms with Gasteiger partial charge in [-0.15, -0.1) is 0 Å². The van der Waals surface area contributed by atoms with Crippen molar-refractivity contribution in [3.63, 3.8) is 0 Å². The topological polar surface area (TPSA) is 114 Å². The van der Waals surface area contributed by atoms with Crippen molar-refractivity contribution in [3.8, 4) is 16.9 Å². The second-order valence-electron chi connectivity index (χ2n) is 13.8. The molecule has 2 fully saturated rings. The lowest BCUT2D eigenvalue weighted by Crippen LogP contribution is -2.46. The smallest absolute Gasteiger partial charge is 0.410 e. The van der Waals surface area contributed by atoms with Crippen LogP contribution in [0.25, 0.3) is 11.1 Å². The van der Waals surface area contributed by atoms with Crippen molar-refractivity contribution in [1.29, 1.82) is 0 Å². The molecule has 1 unspecified atom stereocenters. The van der Waals surface area contributed by atoms with E-state index in [0.717, 1.165) is 12.8 Å². The summed E-state index contributed by atoms with van der Waals surface area (Å²) in [5.74, 6) is -1.11. The van der Waals surface area contributed by atoms with Gasteiger partial charge >= 0.3 is 12.1 Å². The van der Waals surface area contributed by atoms with Gasteiger partial charge in [-0.3, -0.25) is 14.4 Å². The minimum absolute atomic E-state index is 0.00549. The molecule has 0 bridgehead atoms. The van der Waals surface area contributed by atoms with Gasteiger partial charge in [-0.05, 0) is 106 Å². The van der Waals surface area contributed by atoms with Gasteiger partial charge in [-0.25, -0.2) is 13.6 Å². The Balaban J connectivity index is 1.35. The number of esters is 1. The van der Waals surface area contributed by atoms with E-state index in [-0.39, 0.29) is 37.5 Å². The number of ether oxygens (including phenoxy) is 3. The summed E-state index contributed by atoms with van der Waals surface area (Å²) in [7, 11) is 1.25. The number of hydrogen-bond acceptors (Lipinski definition) is 7. The fraction of sp³-hybridized carbons (Fsp3) is 0.568. The van der Waals surface area contributed by atoms with Gasteiger partial charge in [0.05, 0.1) is 25.5 Å². The molecule has 268 valence electrons. The zero-order chi connectivity index (χ0) is 35.6. The molecule has 0 spiro atoms. The van der Waals surface area contributed by atoms with Crippen LogP contribution < -0.4 is 10.1 Å². The zero-order valence-corrected chi connectivity index (χ0v) is 29.0. The number of hydrogen-bond donors (Lipinski definition) is 1. The molecule has 0 aliphatic carbocycles. The molecule has 3 amide bonds. The lowest BCUT2D eigenvalue weighted by Gasteiger charge is -2.35. The molecule has 49 heavy (non-hydrogen) atoms. The first-order chi connectivity index (χ1) is 23.3. The summed E-state index contributed by atoms with van der Waals surface area (Å²) in [4.78, 5) is 55.0. The van der Waals surface area contributed by atoms with Crippen LogP contribution in [0.3, 0.4) is 0 Å². The maximum atomic E-state index is 14.9. The third-order valence-electron chi connectivity index (χ3n) is 8.95. The molecule has 2 aliphatic rings. The van der Waals surface area contributed by atoms with Crippen molar-refractivity contribution in [1.82, 2.24) is 15.1 Å². The number of amides is 3. The van der Waals surface area contributed by atoms with Crippen molar-refractivity contribution in [2.24, 2.45) is 11.8 Å². The minimum Gasteiger partial charge on any atom is -0.491 e. The molecule has 2 aliphatic heterocycles. The molecule has 0 saturated carbocycles. The second kappa shape index (κ2) is 17.4. The minimum atomic E-state index is -0.862. The number of nitrogens with zero attached hydrogens (tertiary/aromatic N) is 2. The number of halogens is 2. The van der Waals surface area contributed by atoms with Crippen molar-refractivity contribution in [2.45, 2.75) is 77.4 Å². The van der Waals surface area contributed by atoms with Crippen LogP contribution in [0.5, 0.6) is 5.75 Å². The standard InChI is InChI=1S/C37H49F2N3O7/c1-37(2,3)49-36(46)41-17-13-25(14-18-41)7-12-33(43)42-16-5-6-27(24-42)35(45)40-32(23-34(44)47-4)29-20-28(21-30(39)22-29)26-8-10-31(11-9-26)48-19-15-38/h8-11,20-22,25,27,32H,5-7,12-19,23-24H2,1-4H3,(H,40,45)/t27-,32?/m1/s1. The Hall–Kier alpha value is -4.22. The highest BCUT2D eigenvalue weighted by Gasteiger charge is 2.32. The third kappa shape index (κ3) is 11.4. The maximum Gasteiger partial charge on any atom is 0.410 e. The van der Waals surface area contributed by atoms with Crippen LogP contribution in [-0.4, -0.2) is 85.8 Å². The first-order valence-corrected chi connectivity index (χ1v) is 17.1. The molecule has 4 rings (SSSR count). The average molecular weight is 686 g/mol. The van der Waals surface area contributed by atoms with E-state index in [9.17, 15) is 28.0 Å². The fourth-order valence-electron chi connectivity index (χ4n) is 6.31. The van der Waals surface area contributed by atoms with Gasteiger partial charge in [0, 0.05) is 32.6 Å². The zero-order valence-electron chi connectivity index (χ0n) is 29.0. The monoisotopic (exact) mass is 685 g/mol. The molecule has 10 nitrogen and oxygen atoms in total. The van der Waals surface area contributed by atoms with Crippen LogP contribution in [-0.2, 0) is 23.9 Å². The van der Waals surface area contributed by atoms with Gasteiger partial charge in [-0.1, -0.05) is 12.1 Å². The predicted octanol–water partition coefficient (Wildman–Crippen LogP) is 6.23. The van der Waals surface area contributed by atoms with Gasteiger partial charge in [0.1, 0.15) is 30.4 Å². The average Bonchev–Trinajstić information content (AvgIpc) is 3.08. The Morgan fingerprint density at radius 1 is 0.959 bits per heavy atom. The molecule has 2 aromatic rings. The number of alkyl halides is 1. The maximum absolute atomic E-state index is 14.9.